The smallest absolute Gasteiger partial charge is 0.161 e. The van der Waals surface area contributed by atoms with Crippen molar-refractivity contribution < 1.29 is 4.74 Å². The number of aryl methyl sites for hydroxylation is 1. The van der Waals surface area contributed by atoms with Gasteiger partial charge >= 0.3 is 0 Å². The van der Waals surface area contributed by atoms with E-state index in [1.807, 2.05) is 155 Å². The molecule has 0 amide bonds. The van der Waals surface area contributed by atoms with Gasteiger partial charge in [-0.25, -0.2) is 4.99 Å². The summed E-state index contributed by atoms with van der Waals surface area (Å²) in [5.74, 6) is 9.31. The van der Waals surface area contributed by atoms with Gasteiger partial charge in [0.05, 0.1) is 11.7 Å². The summed E-state index contributed by atoms with van der Waals surface area (Å²) < 4.78 is 6.87. The molecule has 0 aliphatic carbocycles. The summed E-state index contributed by atoms with van der Waals surface area (Å²) in [5.41, 5.74) is 16.4. The van der Waals surface area contributed by atoms with Gasteiger partial charge in [-0.05, 0) is 79.0 Å². The number of nitrogens with two attached hydrogens (primary N) is 3. The molecule has 1 aliphatic rings. The monoisotopic (exact) mass is 754 g/mol. The summed E-state index contributed by atoms with van der Waals surface area (Å²) in [6.45, 7) is 20.7. The van der Waals surface area contributed by atoms with Crippen LogP contribution < -0.4 is 27.9 Å². The van der Waals surface area contributed by atoms with Gasteiger partial charge in [0.25, 0.3) is 0 Å². The van der Waals surface area contributed by atoms with Gasteiger partial charge in [0.2, 0.25) is 0 Å². The Morgan fingerprint density at radius 3 is 1.84 bits per heavy atom. The number of ether oxygens (including phenoxy) is 1. The predicted octanol–water partition coefficient (Wildman–Crippen LogP) is 10.9. The van der Waals surface area contributed by atoms with E-state index in [4.69, 9.17) is 15.5 Å². The van der Waals surface area contributed by atoms with Gasteiger partial charge < -0.3 is 10.5 Å². The van der Waals surface area contributed by atoms with E-state index in [1.165, 1.54) is 5.56 Å². The van der Waals surface area contributed by atoms with Crippen LogP contribution >= 0.6 is 0 Å². The van der Waals surface area contributed by atoms with Gasteiger partial charge in [-0.15, -0.1) is 0 Å². The van der Waals surface area contributed by atoms with Gasteiger partial charge in [0.1, 0.15) is 11.5 Å². The van der Waals surface area contributed by atoms with Crippen LogP contribution in [0.1, 0.15) is 68.5 Å². The highest BCUT2D eigenvalue weighted by atomic mass is 16.5. The molecule has 1 aliphatic heterocycles. The topological polar surface area (TPSA) is 99.6 Å². The van der Waals surface area contributed by atoms with Crippen LogP contribution in [0, 0.1) is 6.92 Å². The highest BCUT2D eigenvalue weighted by molar-refractivity contribution is 6.28. The Balaban J connectivity index is 0.000000696. The van der Waals surface area contributed by atoms with Crippen LogP contribution in [0.2, 0.25) is 0 Å². The van der Waals surface area contributed by atoms with E-state index in [0.29, 0.717) is 11.5 Å². The zero-order chi connectivity index (χ0) is 41.6. The number of nitrogens with zero attached hydrogens (tertiary/aromatic N) is 1. The summed E-state index contributed by atoms with van der Waals surface area (Å²) in [6.07, 6.45) is 13.9. The average molecular weight is 755 g/mol. The first-order chi connectivity index (χ1) is 27.9. The minimum atomic E-state index is -0.227. The summed E-state index contributed by atoms with van der Waals surface area (Å²) in [6, 6.07) is 44.8. The summed E-state index contributed by atoms with van der Waals surface area (Å²) in [5, 5.41) is 1.93. The predicted molar refractivity (Wildman–Crippen MR) is 247 cm³/mol. The molecule has 5 aromatic rings. The fourth-order valence-corrected chi connectivity index (χ4v) is 6.04. The van der Waals surface area contributed by atoms with Gasteiger partial charge in [0.15, 0.2) is 5.76 Å². The lowest BCUT2D eigenvalue weighted by Crippen LogP contribution is -2.32. The largest absolute Gasteiger partial charge is 0.454 e. The summed E-state index contributed by atoms with van der Waals surface area (Å²) >= 11 is 0. The second-order valence-corrected chi connectivity index (χ2v) is 12.6. The Morgan fingerprint density at radius 1 is 0.702 bits per heavy atom. The van der Waals surface area contributed by atoms with Crippen LogP contribution in [-0.4, -0.2) is 5.71 Å². The molecule has 5 heteroatoms. The molecule has 1 atom stereocenters. The molecule has 0 bridgehead atoms. The maximum atomic E-state index is 6.87. The number of hydrogen-bond donors (Lipinski definition) is 3. The van der Waals surface area contributed by atoms with Gasteiger partial charge in [-0.3, -0.25) is 11.7 Å². The number of aliphatic imine (C=N–C) groups is 1. The molecule has 6 N–H and O–H groups in total. The van der Waals surface area contributed by atoms with Gasteiger partial charge in [0, 0.05) is 16.4 Å². The van der Waals surface area contributed by atoms with Crippen LogP contribution in [0.25, 0.3) is 16.9 Å². The van der Waals surface area contributed by atoms with Crippen LogP contribution in [-0.2, 0) is 4.74 Å². The van der Waals surface area contributed by atoms with Gasteiger partial charge in [-0.1, -0.05) is 190 Å². The van der Waals surface area contributed by atoms with Crippen LogP contribution in [0.4, 0.5) is 5.69 Å². The van der Waals surface area contributed by atoms with Crippen LogP contribution in [0.15, 0.2) is 205 Å². The Hall–Kier alpha value is -6.37. The molecule has 5 nitrogen and oxygen atoms in total. The van der Waals surface area contributed by atoms with Crippen molar-refractivity contribution in [1.82, 2.24) is 0 Å². The maximum Gasteiger partial charge on any atom is 0.161 e. The third-order valence-electron chi connectivity index (χ3n) is 8.93. The number of allylic oxidation sites excluding steroid dienone is 9. The van der Waals surface area contributed by atoms with Crippen molar-refractivity contribution in [1.29, 1.82) is 0 Å². The van der Waals surface area contributed by atoms with E-state index in [0.717, 1.165) is 60.8 Å². The minimum Gasteiger partial charge on any atom is -0.454 e. The van der Waals surface area contributed by atoms with E-state index in [-0.39, 0.29) is 6.04 Å². The molecule has 0 spiro atoms. The number of fused-ring (bicyclic) bond motifs is 1. The zero-order valence-electron chi connectivity index (χ0n) is 34.3. The number of hydrazine groups is 1. The highest BCUT2D eigenvalue weighted by Crippen LogP contribution is 2.34. The molecule has 0 radical (unpaired) electrons. The normalized spacial score (nSPS) is 14.9. The maximum absolute atomic E-state index is 6.87. The third kappa shape index (κ3) is 12.3. The van der Waals surface area contributed by atoms with E-state index in [2.05, 4.69) is 81.2 Å². The second-order valence-electron chi connectivity index (χ2n) is 12.6. The lowest BCUT2D eigenvalue weighted by atomic mass is 9.94. The molecule has 0 aromatic heterocycles. The lowest BCUT2D eigenvalue weighted by molar-refractivity contribution is 0.410. The molecule has 1 unspecified atom stereocenters. The first-order valence-electron chi connectivity index (χ1n) is 19.3. The first-order valence-corrected chi connectivity index (χ1v) is 19.3. The van der Waals surface area contributed by atoms with Crippen molar-refractivity contribution in [3.63, 3.8) is 0 Å². The molecule has 0 fully saturated rings. The quantitative estimate of drug-likeness (QED) is 0.0834. The Labute approximate surface area is 340 Å². The number of rotatable bonds is 8. The van der Waals surface area contributed by atoms with Crippen molar-refractivity contribution in [2.24, 2.45) is 22.4 Å². The molecular weight excluding hydrogens is 697 g/mol. The van der Waals surface area contributed by atoms with Crippen LogP contribution in [0.3, 0.4) is 0 Å². The molecule has 6 rings (SSSR count). The van der Waals surface area contributed by atoms with Gasteiger partial charge in [-0.2, -0.15) is 0 Å². The summed E-state index contributed by atoms with van der Waals surface area (Å²) in [4.78, 5) is 5.29. The first kappa shape index (κ1) is 45.0. The van der Waals surface area contributed by atoms with Crippen molar-refractivity contribution >= 4 is 28.3 Å². The Bertz CT molecular complexity index is 2330. The van der Waals surface area contributed by atoms with Crippen molar-refractivity contribution in [3.05, 3.63) is 239 Å². The third-order valence-corrected chi connectivity index (χ3v) is 8.93. The minimum absolute atomic E-state index is 0.227. The molecule has 57 heavy (non-hydrogen) atoms. The number of benzene rings is 5. The zero-order valence-corrected chi connectivity index (χ0v) is 34.3. The Morgan fingerprint density at radius 2 is 1.26 bits per heavy atom. The van der Waals surface area contributed by atoms with E-state index >= 15 is 0 Å². The molecular formula is C52H58N4O. The average Bonchev–Trinajstić information content (AvgIpc) is 3.40. The van der Waals surface area contributed by atoms with Crippen molar-refractivity contribution in [2.45, 2.75) is 47.6 Å². The van der Waals surface area contributed by atoms with E-state index < -0.39 is 0 Å². The number of hydrogen-bond acceptors (Lipinski definition) is 5. The standard InChI is InChI=1S/C43H40N2O.C7H8.C2H6.H4N2/c1-6-9-11-19-30(4)31(5)35-22-14-17-25-39(35)43-42(38-24-16-15-23-36(38)37(18-7-2)40(8-3)46-43)45-34-28-26-33(27-29-34)41(44)32-20-12-10-13-21-32;1-7-5-3-2-4-6-7;2*1-2/h6-29,41H,3-4,44H2,1-2,5H3;2-6H,1H3;1-2H3;1-2H2/b9-6-,18-7-,19-11-,35-31+,43-39+,45-42?;;;. The van der Waals surface area contributed by atoms with E-state index in [1.54, 1.807) is 6.08 Å². The van der Waals surface area contributed by atoms with E-state index in [9.17, 15) is 0 Å². The fraction of sp³-hybridized carbons (Fsp3) is 0.135. The SMILES string of the molecule is C=CC1=C(/C=C\C)c2ccccc2C(=Nc2ccc(C(N)c3ccccc3)cc2)/C(=c2/cccc/c2=C(/C)C(=C)/C=C\C=C/C)O1.CC.Cc1ccccc1.NN. The fourth-order valence-electron chi connectivity index (χ4n) is 6.04. The Kier molecular flexibility index (Phi) is 19.1. The van der Waals surface area contributed by atoms with Crippen molar-refractivity contribution in [3.8, 4) is 0 Å². The highest BCUT2D eigenvalue weighted by Gasteiger charge is 2.25. The molecule has 0 saturated heterocycles. The molecule has 5 aromatic carbocycles. The van der Waals surface area contributed by atoms with Crippen LogP contribution in [0.5, 0.6) is 0 Å². The lowest BCUT2D eigenvalue weighted by Gasteiger charge is -2.14. The second kappa shape index (κ2) is 24.2. The van der Waals surface area contributed by atoms with Crippen molar-refractivity contribution in [2.75, 3.05) is 0 Å². The molecule has 0 saturated carbocycles. The molecule has 292 valence electrons. The molecule has 1 heterocycles. The summed E-state index contributed by atoms with van der Waals surface area (Å²) in [7, 11) is 0.